The van der Waals surface area contributed by atoms with Crippen LogP contribution in [-0.4, -0.2) is 23.2 Å². The van der Waals surface area contributed by atoms with Crippen LogP contribution in [-0.2, 0) is 0 Å². The molecule has 0 fully saturated rings. The number of nitrogens with one attached hydrogen (secondary N) is 1. The predicted octanol–water partition coefficient (Wildman–Crippen LogP) is 3.94. The van der Waals surface area contributed by atoms with Gasteiger partial charge in [-0.05, 0) is 34.5 Å². The first kappa shape index (κ1) is 15.7. The number of carbonyl (C=O) groups is 1. The van der Waals surface area contributed by atoms with Crippen molar-refractivity contribution in [2.45, 2.75) is 18.9 Å². The average Bonchev–Trinajstić information content (AvgIpc) is 2.39. The van der Waals surface area contributed by atoms with Crippen LogP contribution in [0.5, 0.6) is 0 Å². The number of amides is 1. The van der Waals surface area contributed by atoms with E-state index in [0.29, 0.717) is 6.42 Å². The Hall–Kier alpha value is -0.320. The zero-order chi connectivity index (χ0) is 13.8. The molecule has 100 valence electrons. The van der Waals surface area contributed by atoms with Gasteiger partial charge in [0.2, 0.25) is 0 Å². The summed E-state index contributed by atoms with van der Waals surface area (Å²) in [6.07, 6.45) is 0.596. The minimum atomic E-state index is -0.675. The second-order valence-corrected chi connectivity index (χ2v) is 5.28. The molecule has 0 aliphatic heterocycles. The number of rotatable bonds is 5. The van der Waals surface area contributed by atoms with Crippen LogP contribution in [0.2, 0.25) is 0 Å². The second kappa shape index (κ2) is 6.73. The molecule has 0 aromatic heterocycles. The average molecular weight is 357 g/mol. The zero-order valence-corrected chi connectivity index (χ0v) is 12.9. The highest BCUT2D eigenvalue weighted by molar-refractivity contribution is 9.10. The van der Waals surface area contributed by atoms with E-state index < -0.39 is 17.3 Å². The molecule has 1 N–H and O–H groups in total. The topological polar surface area (TPSA) is 29.1 Å². The minimum absolute atomic E-state index is 0.136. The Morgan fingerprint density at radius 2 is 2.06 bits per heavy atom. The molecule has 0 radical (unpaired) electrons. The fourth-order valence-corrected chi connectivity index (χ4v) is 2.61. The summed E-state index contributed by atoms with van der Waals surface area (Å²) in [5, 5.41) is 2.76. The lowest BCUT2D eigenvalue weighted by Crippen LogP contribution is -2.51. The number of carbonyl (C=O) groups excluding carboxylic acids is 1. The lowest BCUT2D eigenvalue weighted by atomic mass is 10.0. The molecule has 0 saturated heterocycles. The van der Waals surface area contributed by atoms with Crippen molar-refractivity contribution in [2.75, 3.05) is 11.8 Å². The molecule has 0 bridgehead atoms. The predicted molar refractivity (Wildman–Crippen MR) is 76.0 cm³/mol. The third-order valence-electron chi connectivity index (χ3n) is 2.76. The first-order valence-corrected chi connectivity index (χ1v) is 7.24. The van der Waals surface area contributed by atoms with Crippen molar-refractivity contribution in [2.24, 2.45) is 0 Å². The maximum atomic E-state index is 13.3. The first-order valence-electron chi connectivity index (χ1n) is 5.38. The summed E-state index contributed by atoms with van der Waals surface area (Å²) in [6.45, 7) is 1.88. The highest BCUT2D eigenvalue weighted by Crippen LogP contribution is 2.22. The zero-order valence-electron chi connectivity index (χ0n) is 9.77. The smallest absolute Gasteiger partial charge is 0.253 e. The molecule has 1 rings (SSSR count). The lowest BCUT2D eigenvalue weighted by molar-refractivity contribution is 0.0912. The summed E-state index contributed by atoms with van der Waals surface area (Å²) in [7, 11) is 0. The molecule has 0 saturated carbocycles. The summed E-state index contributed by atoms with van der Waals surface area (Å²) in [4.78, 5) is 12.1. The van der Waals surface area contributed by atoms with Gasteiger partial charge in [-0.1, -0.05) is 13.0 Å². The van der Waals surface area contributed by atoms with Gasteiger partial charge in [-0.2, -0.15) is 0 Å². The number of benzene rings is 1. The summed E-state index contributed by atoms with van der Waals surface area (Å²) in [6, 6.07) is 4.28. The Balaban J connectivity index is 2.98. The van der Waals surface area contributed by atoms with E-state index in [4.69, 9.17) is 23.2 Å². The van der Waals surface area contributed by atoms with Gasteiger partial charge in [-0.25, -0.2) is 4.39 Å². The van der Waals surface area contributed by atoms with Crippen molar-refractivity contribution in [3.8, 4) is 0 Å². The quantitative estimate of drug-likeness (QED) is 0.795. The van der Waals surface area contributed by atoms with Gasteiger partial charge in [-0.15, -0.1) is 23.2 Å². The fraction of sp³-hybridized carbons (Fsp3) is 0.417. The number of halogens is 4. The molecule has 1 aromatic carbocycles. The van der Waals surface area contributed by atoms with Crippen LogP contribution in [0.15, 0.2) is 22.7 Å². The second-order valence-electron chi connectivity index (χ2n) is 3.96. The molecular weight excluding hydrogens is 344 g/mol. The third-order valence-corrected chi connectivity index (χ3v) is 4.59. The molecule has 0 spiro atoms. The standard InChI is InChI=1S/C12H13BrCl2FNO/c1-2-12(6-14,7-15)17-11(18)8-4-3-5-9(16)10(8)13/h3-5H,2,6-7H2,1H3,(H,17,18). The molecule has 6 heteroatoms. The SMILES string of the molecule is CCC(CCl)(CCl)NC(=O)c1cccc(F)c1Br. The largest absolute Gasteiger partial charge is 0.344 e. The van der Waals surface area contributed by atoms with E-state index in [1.54, 1.807) is 0 Å². The fourth-order valence-electron chi connectivity index (χ4n) is 1.37. The highest BCUT2D eigenvalue weighted by atomic mass is 79.9. The minimum Gasteiger partial charge on any atom is -0.344 e. The third kappa shape index (κ3) is 3.37. The van der Waals surface area contributed by atoms with E-state index in [2.05, 4.69) is 21.2 Å². The van der Waals surface area contributed by atoms with Gasteiger partial charge in [0.25, 0.3) is 5.91 Å². The van der Waals surface area contributed by atoms with Gasteiger partial charge < -0.3 is 5.32 Å². The Morgan fingerprint density at radius 3 is 2.56 bits per heavy atom. The molecule has 0 aliphatic carbocycles. The molecular formula is C12H13BrCl2FNO. The van der Waals surface area contributed by atoms with Crippen molar-refractivity contribution in [3.05, 3.63) is 34.1 Å². The monoisotopic (exact) mass is 355 g/mol. The Morgan fingerprint density at radius 1 is 1.44 bits per heavy atom. The van der Waals surface area contributed by atoms with Gasteiger partial charge in [-0.3, -0.25) is 4.79 Å². The summed E-state index contributed by atoms with van der Waals surface area (Å²) < 4.78 is 13.5. The number of hydrogen-bond donors (Lipinski definition) is 1. The molecule has 0 atom stereocenters. The molecule has 0 heterocycles. The van der Waals surface area contributed by atoms with E-state index in [1.165, 1.54) is 18.2 Å². The van der Waals surface area contributed by atoms with Crippen molar-refractivity contribution in [1.82, 2.24) is 5.32 Å². The molecule has 0 unspecified atom stereocenters. The van der Waals surface area contributed by atoms with Crippen LogP contribution in [0, 0.1) is 5.82 Å². The van der Waals surface area contributed by atoms with E-state index in [1.807, 2.05) is 6.92 Å². The van der Waals surface area contributed by atoms with Crippen LogP contribution >= 0.6 is 39.1 Å². The van der Waals surface area contributed by atoms with Gasteiger partial charge in [0, 0.05) is 11.8 Å². The van der Waals surface area contributed by atoms with Crippen molar-refractivity contribution < 1.29 is 9.18 Å². The van der Waals surface area contributed by atoms with E-state index in [0.717, 1.165) is 0 Å². The highest BCUT2D eigenvalue weighted by Gasteiger charge is 2.29. The van der Waals surface area contributed by atoms with Crippen molar-refractivity contribution in [1.29, 1.82) is 0 Å². The van der Waals surface area contributed by atoms with E-state index in [9.17, 15) is 9.18 Å². The van der Waals surface area contributed by atoms with Gasteiger partial charge in [0.15, 0.2) is 0 Å². The number of hydrogen-bond acceptors (Lipinski definition) is 1. The summed E-state index contributed by atoms with van der Waals surface area (Å²) in [5.74, 6) is -0.483. The summed E-state index contributed by atoms with van der Waals surface area (Å²) >= 11 is 14.7. The van der Waals surface area contributed by atoms with Crippen LogP contribution < -0.4 is 5.32 Å². The number of alkyl halides is 2. The normalized spacial score (nSPS) is 11.4. The van der Waals surface area contributed by atoms with Crippen LogP contribution in [0.3, 0.4) is 0 Å². The van der Waals surface area contributed by atoms with E-state index >= 15 is 0 Å². The van der Waals surface area contributed by atoms with Gasteiger partial charge in [0.1, 0.15) is 5.82 Å². The molecule has 1 amide bonds. The summed E-state index contributed by atoms with van der Waals surface area (Å²) in [5.41, 5.74) is -0.450. The van der Waals surface area contributed by atoms with Gasteiger partial charge >= 0.3 is 0 Å². The Labute approximate surface area is 124 Å². The van der Waals surface area contributed by atoms with Crippen molar-refractivity contribution >= 4 is 45.0 Å². The molecule has 2 nitrogen and oxygen atoms in total. The van der Waals surface area contributed by atoms with Crippen LogP contribution in [0.1, 0.15) is 23.7 Å². The first-order chi connectivity index (χ1) is 8.49. The lowest BCUT2D eigenvalue weighted by Gasteiger charge is -2.29. The van der Waals surface area contributed by atoms with Crippen LogP contribution in [0.25, 0.3) is 0 Å². The maximum Gasteiger partial charge on any atom is 0.253 e. The molecule has 0 aliphatic rings. The van der Waals surface area contributed by atoms with Gasteiger partial charge in [0.05, 0.1) is 15.6 Å². The van der Waals surface area contributed by atoms with E-state index in [-0.39, 0.29) is 21.8 Å². The maximum absolute atomic E-state index is 13.3. The Kier molecular flexibility index (Phi) is 5.89. The van der Waals surface area contributed by atoms with Crippen LogP contribution in [0.4, 0.5) is 4.39 Å². The Bertz CT molecular complexity index is 430. The van der Waals surface area contributed by atoms with Crippen molar-refractivity contribution in [3.63, 3.8) is 0 Å². The molecule has 1 aromatic rings. The molecule has 18 heavy (non-hydrogen) atoms.